The molecule has 79 heavy (non-hydrogen) atoms. The molecule has 3 aliphatic rings. The Balaban J connectivity index is 1.03. The summed E-state index contributed by atoms with van der Waals surface area (Å²) in [4.78, 5) is 42.7. The van der Waals surface area contributed by atoms with Gasteiger partial charge in [-0.3, -0.25) is 0 Å². The van der Waals surface area contributed by atoms with Crippen LogP contribution in [0.2, 0.25) is 0 Å². The Morgan fingerprint density at radius 1 is 0.494 bits per heavy atom. The van der Waals surface area contributed by atoms with Crippen LogP contribution < -0.4 is 0 Å². The number of carbonyl (C=O) groups excluding carboxylic acids is 3. The molecular weight excluding hydrogens is 1020 g/mol. The van der Waals surface area contributed by atoms with Crippen LogP contribution >= 0.6 is 0 Å². The van der Waals surface area contributed by atoms with E-state index < -0.39 is 104 Å². The summed E-state index contributed by atoms with van der Waals surface area (Å²) in [5, 5.41) is 12.6. The van der Waals surface area contributed by atoms with Crippen LogP contribution in [0.3, 0.4) is 0 Å². The van der Waals surface area contributed by atoms with Crippen LogP contribution in [0.25, 0.3) is 0 Å². The fourth-order valence-electron chi connectivity index (χ4n) is 9.64. The van der Waals surface area contributed by atoms with Gasteiger partial charge in [-0.1, -0.05) is 182 Å². The first kappa shape index (κ1) is 57.0. The Labute approximate surface area is 459 Å². The van der Waals surface area contributed by atoms with Crippen LogP contribution in [0.5, 0.6) is 0 Å². The van der Waals surface area contributed by atoms with Crippen molar-refractivity contribution in [3.63, 3.8) is 0 Å². The molecule has 3 saturated heterocycles. The topological polar surface area (TPSA) is 191 Å². The maximum absolute atomic E-state index is 14.3. The number of aliphatic hydroxyl groups excluding tert-OH is 1. The number of benzene rings is 6. The predicted molar refractivity (Wildman–Crippen MR) is 283 cm³/mol. The summed E-state index contributed by atoms with van der Waals surface area (Å²) >= 11 is 0. The Hall–Kier alpha value is -6.71. The normalized spacial score (nSPS) is 25.9. The molecule has 17 nitrogen and oxygen atoms in total. The van der Waals surface area contributed by atoms with E-state index in [1.807, 2.05) is 182 Å². The van der Waals surface area contributed by atoms with E-state index >= 15 is 0 Å². The van der Waals surface area contributed by atoms with Gasteiger partial charge >= 0.3 is 17.9 Å². The van der Waals surface area contributed by atoms with E-state index in [4.69, 9.17) is 61.6 Å². The van der Waals surface area contributed by atoms with Crippen molar-refractivity contribution in [1.82, 2.24) is 0 Å². The van der Waals surface area contributed by atoms with Gasteiger partial charge in [0.15, 0.2) is 37.2 Å². The monoisotopic (exact) mass is 1080 g/mol. The molecule has 3 fully saturated rings. The molecule has 17 heteroatoms. The molecule has 6 aromatic carbocycles. The molecule has 3 aliphatic heterocycles. The number of carbonyl (C=O) groups is 3. The van der Waals surface area contributed by atoms with Crippen molar-refractivity contribution in [3.05, 3.63) is 215 Å². The molecule has 416 valence electrons. The zero-order valence-corrected chi connectivity index (χ0v) is 44.1. The molecule has 0 bridgehead atoms. The fourth-order valence-corrected chi connectivity index (χ4v) is 9.64. The molecule has 0 spiro atoms. The van der Waals surface area contributed by atoms with Gasteiger partial charge < -0.3 is 66.7 Å². The Bertz CT molecular complexity index is 2780. The third-order valence-electron chi connectivity index (χ3n) is 13.7. The molecule has 0 aliphatic carbocycles. The summed E-state index contributed by atoms with van der Waals surface area (Å²) < 4.78 is 82.1. The van der Waals surface area contributed by atoms with Crippen molar-refractivity contribution in [2.45, 2.75) is 126 Å². The second-order valence-electron chi connectivity index (χ2n) is 19.2. The van der Waals surface area contributed by atoms with E-state index in [2.05, 4.69) is 0 Å². The van der Waals surface area contributed by atoms with Crippen molar-refractivity contribution in [3.8, 4) is 0 Å². The minimum atomic E-state index is -2.02. The molecule has 1 unspecified atom stereocenters. The van der Waals surface area contributed by atoms with Crippen molar-refractivity contribution >= 4 is 17.9 Å². The van der Waals surface area contributed by atoms with E-state index in [0.29, 0.717) is 5.56 Å². The third kappa shape index (κ3) is 15.2. The van der Waals surface area contributed by atoms with E-state index in [-0.39, 0.29) is 39.5 Å². The second kappa shape index (κ2) is 28.4. The molecular formula is C62H66O17. The zero-order chi connectivity index (χ0) is 54.9. The Kier molecular flexibility index (Phi) is 20.5. The van der Waals surface area contributed by atoms with Gasteiger partial charge in [0.2, 0.25) is 0 Å². The van der Waals surface area contributed by atoms with Gasteiger partial charge in [-0.25, -0.2) is 14.4 Å². The summed E-state index contributed by atoms with van der Waals surface area (Å²) in [6.45, 7) is 1.99. The molecule has 14 atom stereocenters. The molecule has 1 N–H and O–H groups in total. The highest BCUT2D eigenvalue weighted by Crippen LogP contribution is 2.38. The van der Waals surface area contributed by atoms with E-state index in [1.165, 1.54) is 0 Å². The van der Waals surface area contributed by atoms with Gasteiger partial charge in [-0.15, -0.1) is 0 Å². The second-order valence-corrected chi connectivity index (χ2v) is 19.2. The summed E-state index contributed by atoms with van der Waals surface area (Å²) in [6, 6.07) is 56.1. The van der Waals surface area contributed by atoms with E-state index in [1.54, 1.807) is 6.92 Å². The SMILES string of the molecule is COC(=O)[C@H](OC1O[C@@H](C)[C@@H](OCc2ccccc2)[C@@H](OCc2ccccc2)[C@@H]1OCc1ccccc1)[C@@H](O[C@@H]1O[C@@H]2CO[C@H](c3ccccc3)O[C@@H]2[C@H](O[C@H](Cc2ccccc2)C(=O)OCc2ccccc2)[C@H]1O)C(=O)OC. The van der Waals surface area contributed by atoms with Gasteiger partial charge in [0.1, 0.15) is 49.3 Å². The van der Waals surface area contributed by atoms with Crippen LogP contribution in [0.15, 0.2) is 182 Å². The lowest BCUT2D eigenvalue weighted by atomic mass is 9.96. The van der Waals surface area contributed by atoms with Crippen molar-refractivity contribution in [2.75, 3.05) is 20.8 Å². The average molecular weight is 1080 g/mol. The maximum atomic E-state index is 14.3. The molecule has 0 radical (unpaired) electrons. The van der Waals surface area contributed by atoms with Crippen LogP contribution in [0.1, 0.15) is 46.6 Å². The number of aliphatic hydroxyl groups is 1. The minimum absolute atomic E-state index is 0.0324. The summed E-state index contributed by atoms with van der Waals surface area (Å²) in [7, 11) is 2.21. The molecule has 0 amide bonds. The molecule has 0 saturated carbocycles. The lowest BCUT2D eigenvalue weighted by Crippen LogP contribution is -2.65. The number of methoxy groups -OCH3 is 2. The first-order valence-electron chi connectivity index (χ1n) is 26.3. The van der Waals surface area contributed by atoms with Gasteiger partial charge in [-0.2, -0.15) is 0 Å². The number of hydrogen-bond donors (Lipinski definition) is 1. The van der Waals surface area contributed by atoms with Crippen molar-refractivity contribution < 1.29 is 81.1 Å². The van der Waals surface area contributed by atoms with Gasteiger partial charge in [0.05, 0.1) is 46.8 Å². The molecule has 6 aromatic rings. The number of esters is 3. The van der Waals surface area contributed by atoms with Crippen LogP contribution in [-0.2, 0) is 109 Å². The quantitative estimate of drug-likeness (QED) is 0.0461. The number of rotatable bonds is 24. The average Bonchev–Trinajstić information content (AvgIpc) is 3.60. The van der Waals surface area contributed by atoms with Crippen LogP contribution in [-0.4, -0.2) is 124 Å². The van der Waals surface area contributed by atoms with Gasteiger partial charge in [0.25, 0.3) is 0 Å². The summed E-state index contributed by atoms with van der Waals surface area (Å²) in [5.41, 5.74) is 4.74. The highest BCUT2D eigenvalue weighted by molar-refractivity contribution is 5.85. The highest BCUT2D eigenvalue weighted by Gasteiger charge is 2.55. The smallest absolute Gasteiger partial charge is 0.338 e. The van der Waals surface area contributed by atoms with E-state index in [0.717, 1.165) is 42.0 Å². The lowest BCUT2D eigenvalue weighted by Gasteiger charge is -2.49. The molecule has 9 rings (SSSR count). The highest BCUT2D eigenvalue weighted by atomic mass is 16.8. The molecule has 3 heterocycles. The number of fused-ring (bicyclic) bond motifs is 1. The first-order chi connectivity index (χ1) is 38.6. The third-order valence-corrected chi connectivity index (χ3v) is 13.7. The number of hydrogen-bond acceptors (Lipinski definition) is 17. The fraction of sp³-hybridized carbons (Fsp3) is 0.371. The number of ether oxygens (including phenoxy) is 13. The Morgan fingerprint density at radius 3 is 1.44 bits per heavy atom. The lowest BCUT2D eigenvalue weighted by molar-refractivity contribution is -0.377. The largest absolute Gasteiger partial charge is 0.467 e. The van der Waals surface area contributed by atoms with Gasteiger partial charge in [0, 0.05) is 12.0 Å². The predicted octanol–water partition coefficient (Wildman–Crippen LogP) is 7.54. The zero-order valence-electron chi connectivity index (χ0n) is 44.1. The summed E-state index contributed by atoms with van der Waals surface area (Å²) in [5.74, 6) is -2.90. The van der Waals surface area contributed by atoms with Gasteiger partial charge in [-0.05, 0) is 34.7 Å². The Morgan fingerprint density at radius 2 is 0.937 bits per heavy atom. The van der Waals surface area contributed by atoms with Crippen molar-refractivity contribution in [1.29, 1.82) is 0 Å². The standard InChI is InChI=1S/C62H66O17/c1-40-50(69-35-42-24-12-5-13-25-42)53(70-36-43-26-14-6-15-27-43)56(71-37-44-28-16-7-17-29-44)62(74-40)79-55(59(66)68-3)54(58(65)67-2)78-61-49(63)52(51-48(76-61)39-73-60(77-51)46-32-20-9-21-33-46)75-47(34-41-22-10-4-11-23-41)57(64)72-38-45-30-18-8-19-31-45/h4-33,40,47-56,60-63H,34-39H2,1-3H3/t40-,47+,48+,49+,50+,51-,52+,53+,54+,55+,56-,60-,61-,62?/m0/s1. The minimum Gasteiger partial charge on any atom is -0.467 e. The molecule has 0 aromatic heterocycles. The first-order valence-corrected chi connectivity index (χ1v) is 26.3. The van der Waals surface area contributed by atoms with Crippen molar-refractivity contribution in [2.24, 2.45) is 0 Å². The van der Waals surface area contributed by atoms with E-state index in [9.17, 15) is 19.5 Å². The van der Waals surface area contributed by atoms with Crippen LogP contribution in [0, 0.1) is 0 Å². The maximum Gasteiger partial charge on any atom is 0.338 e. The summed E-state index contributed by atoms with van der Waals surface area (Å²) in [6.07, 6.45) is -18.4. The van der Waals surface area contributed by atoms with Crippen LogP contribution in [0.4, 0.5) is 0 Å².